The first-order valence-electron chi connectivity index (χ1n) is 6.31. The van der Waals surface area contributed by atoms with Gasteiger partial charge in [0.2, 0.25) is 0 Å². The minimum Gasteiger partial charge on any atom is -0.362 e. The summed E-state index contributed by atoms with van der Waals surface area (Å²) < 4.78 is 0. The molecule has 1 saturated heterocycles. The molecular formula is C12H23N3S. The fourth-order valence-corrected chi connectivity index (χ4v) is 3.39. The van der Waals surface area contributed by atoms with Gasteiger partial charge >= 0.3 is 0 Å². The van der Waals surface area contributed by atoms with Crippen molar-refractivity contribution in [3.05, 3.63) is 0 Å². The molecule has 0 saturated carbocycles. The first-order valence-corrected chi connectivity index (χ1v) is 7.29. The Labute approximate surface area is 103 Å². The number of rotatable bonds is 2. The van der Waals surface area contributed by atoms with Crippen molar-refractivity contribution in [2.24, 2.45) is 10.9 Å². The number of aliphatic imine (C=N–C) groups is 1. The lowest BCUT2D eigenvalue weighted by Gasteiger charge is -2.29. The molecule has 1 atom stereocenters. The van der Waals surface area contributed by atoms with Crippen LogP contribution in [0.15, 0.2) is 4.99 Å². The van der Waals surface area contributed by atoms with E-state index >= 15 is 0 Å². The topological polar surface area (TPSA) is 27.6 Å². The van der Waals surface area contributed by atoms with Gasteiger partial charge in [0.15, 0.2) is 5.17 Å². The molecule has 92 valence electrons. The summed E-state index contributed by atoms with van der Waals surface area (Å²) >= 11 is 1.90. The molecule has 0 aromatic heterocycles. The summed E-state index contributed by atoms with van der Waals surface area (Å²) in [5, 5.41) is 4.80. The van der Waals surface area contributed by atoms with E-state index in [4.69, 9.17) is 4.99 Å². The van der Waals surface area contributed by atoms with Gasteiger partial charge in [0.25, 0.3) is 0 Å². The van der Waals surface area contributed by atoms with Crippen molar-refractivity contribution in [3.8, 4) is 0 Å². The van der Waals surface area contributed by atoms with Crippen LogP contribution in [0.4, 0.5) is 0 Å². The van der Waals surface area contributed by atoms with Gasteiger partial charge in [-0.25, -0.2) is 0 Å². The van der Waals surface area contributed by atoms with Crippen LogP contribution in [0.3, 0.4) is 0 Å². The van der Waals surface area contributed by atoms with Crippen LogP contribution in [0, 0.1) is 5.92 Å². The predicted octanol–water partition coefficient (Wildman–Crippen LogP) is 1.80. The second-order valence-corrected chi connectivity index (χ2v) is 6.29. The Bertz CT molecular complexity index is 257. The Hall–Kier alpha value is -0.220. The minimum absolute atomic E-state index is 0.527. The smallest absolute Gasteiger partial charge is 0.157 e. The van der Waals surface area contributed by atoms with Crippen molar-refractivity contribution >= 4 is 16.9 Å². The number of hydrogen-bond acceptors (Lipinski definition) is 4. The number of nitrogens with zero attached hydrogens (tertiary/aromatic N) is 2. The lowest BCUT2D eigenvalue weighted by atomic mass is 10.1. The third-order valence-corrected chi connectivity index (χ3v) is 4.49. The first-order chi connectivity index (χ1) is 7.65. The average Bonchev–Trinajstić information content (AvgIpc) is 2.70. The molecule has 2 heterocycles. The van der Waals surface area contributed by atoms with Gasteiger partial charge in [0.1, 0.15) is 0 Å². The molecule has 0 radical (unpaired) electrons. The maximum atomic E-state index is 4.76. The molecule has 0 bridgehead atoms. The molecule has 1 N–H and O–H groups in total. The Morgan fingerprint density at radius 1 is 1.38 bits per heavy atom. The van der Waals surface area contributed by atoms with E-state index in [1.165, 1.54) is 31.1 Å². The van der Waals surface area contributed by atoms with Crippen LogP contribution < -0.4 is 5.32 Å². The van der Waals surface area contributed by atoms with Crippen LogP contribution in [-0.2, 0) is 0 Å². The second-order valence-electron chi connectivity index (χ2n) is 5.28. The zero-order chi connectivity index (χ0) is 11.5. The number of thioether (sulfide) groups is 1. The monoisotopic (exact) mass is 241 g/mol. The van der Waals surface area contributed by atoms with Crippen molar-refractivity contribution in [3.63, 3.8) is 0 Å². The van der Waals surface area contributed by atoms with Gasteiger partial charge in [-0.05, 0) is 38.9 Å². The summed E-state index contributed by atoms with van der Waals surface area (Å²) in [5.41, 5.74) is 0. The Balaban J connectivity index is 1.80. The summed E-state index contributed by atoms with van der Waals surface area (Å²) in [6, 6.07) is 1.17. The highest BCUT2D eigenvalue weighted by molar-refractivity contribution is 8.14. The maximum Gasteiger partial charge on any atom is 0.157 e. The minimum atomic E-state index is 0.527. The maximum absolute atomic E-state index is 4.76. The molecule has 2 aliphatic rings. The molecule has 2 aliphatic heterocycles. The van der Waals surface area contributed by atoms with E-state index in [9.17, 15) is 0 Å². The Morgan fingerprint density at radius 2 is 2.06 bits per heavy atom. The molecule has 0 unspecified atom stereocenters. The van der Waals surface area contributed by atoms with Crippen molar-refractivity contribution in [2.75, 3.05) is 25.9 Å². The zero-order valence-electron chi connectivity index (χ0n) is 10.6. The van der Waals surface area contributed by atoms with Crippen LogP contribution in [0.2, 0.25) is 0 Å². The predicted molar refractivity (Wildman–Crippen MR) is 72.2 cm³/mol. The molecule has 4 heteroatoms. The van der Waals surface area contributed by atoms with Crippen LogP contribution >= 0.6 is 11.8 Å². The molecule has 16 heavy (non-hydrogen) atoms. The summed E-state index contributed by atoms with van der Waals surface area (Å²) in [6.45, 7) is 6.94. The second kappa shape index (κ2) is 5.41. The van der Waals surface area contributed by atoms with Crippen molar-refractivity contribution in [1.29, 1.82) is 0 Å². The number of piperidine rings is 1. The largest absolute Gasteiger partial charge is 0.362 e. The van der Waals surface area contributed by atoms with Crippen molar-refractivity contribution < 1.29 is 0 Å². The molecule has 3 nitrogen and oxygen atoms in total. The van der Waals surface area contributed by atoms with Crippen LogP contribution in [0.25, 0.3) is 0 Å². The van der Waals surface area contributed by atoms with Gasteiger partial charge in [-0.3, -0.25) is 4.99 Å². The normalized spacial score (nSPS) is 28.5. The van der Waals surface area contributed by atoms with Crippen LogP contribution in [-0.4, -0.2) is 48.0 Å². The van der Waals surface area contributed by atoms with Gasteiger partial charge < -0.3 is 10.2 Å². The number of likely N-dealkylation sites (tertiary alicyclic amines) is 1. The highest BCUT2D eigenvalue weighted by Gasteiger charge is 2.24. The standard InChI is InChI=1S/C12H23N3S/c1-9(2)11-8-16-12(14-11)13-10-4-6-15(3)7-5-10/h9-11H,4-8H2,1-3H3,(H,13,14)/t11-/m1/s1. The fraction of sp³-hybridized carbons (Fsp3) is 0.917. The average molecular weight is 241 g/mol. The van der Waals surface area contributed by atoms with E-state index in [0.717, 1.165) is 5.75 Å². The summed E-state index contributed by atoms with van der Waals surface area (Å²) in [4.78, 5) is 7.16. The Kier molecular flexibility index (Phi) is 4.14. The van der Waals surface area contributed by atoms with E-state index in [1.54, 1.807) is 0 Å². The van der Waals surface area contributed by atoms with Gasteiger partial charge in [0, 0.05) is 11.8 Å². The van der Waals surface area contributed by atoms with Crippen molar-refractivity contribution in [2.45, 2.75) is 38.8 Å². The van der Waals surface area contributed by atoms with Crippen LogP contribution in [0.5, 0.6) is 0 Å². The van der Waals surface area contributed by atoms with Gasteiger partial charge in [-0.1, -0.05) is 25.6 Å². The first kappa shape index (κ1) is 12.2. The highest BCUT2D eigenvalue weighted by Crippen LogP contribution is 2.23. The third-order valence-electron chi connectivity index (χ3n) is 3.49. The molecule has 1 fully saturated rings. The van der Waals surface area contributed by atoms with E-state index in [2.05, 4.69) is 31.1 Å². The van der Waals surface area contributed by atoms with Gasteiger partial charge in [-0.2, -0.15) is 0 Å². The SMILES string of the molecule is CC(C)[C@H]1CSC(NC2CCN(C)CC2)=N1. The number of amidine groups is 1. The summed E-state index contributed by atoms with van der Waals surface area (Å²) in [6.07, 6.45) is 2.50. The molecule has 2 rings (SSSR count). The number of hydrogen-bond donors (Lipinski definition) is 1. The quantitative estimate of drug-likeness (QED) is 0.799. The third kappa shape index (κ3) is 3.14. The zero-order valence-corrected chi connectivity index (χ0v) is 11.4. The van der Waals surface area contributed by atoms with E-state index < -0.39 is 0 Å². The lowest BCUT2D eigenvalue weighted by Crippen LogP contribution is -2.42. The molecule has 0 aromatic carbocycles. The molecule has 0 aromatic rings. The van der Waals surface area contributed by atoms with Crippen LogP contribution in [0.1, 0.15) is 26.7 Å². The lowest BCUT2D eigenvalue weighted by molar-refractivity contribution is 0.247. The van der Waals surface area contributed by atoms with E-state index in [1.807, 2.05) is 11.8 Å². The molecule has 0 spiro atoms. The van der Waals surface area contributed by atoms with Crippen molar-refractivity contribution in [1.82, 2.24) is 10.2 Å². The summed E-state index contributed by atoms with van der Waals surface area (Å²) in [7, 11) is 2.20. The molecule has 0 aliphatic carbocycles. The van der Waals surface area contributed by atoms with E-state index in [0.29, 0.717) is 18.0 Å². The summed E-state index contributed by atoms with van der Waals surface area (Å²) in [5.74, 6) is 1.83. The molecular weight excluding hydrogens is 218 g/mol. The van der Waals surface area contributed by atoms with E-state index in [-0.39, 0.29) is 0 Å². The fourth-order valence-electron chi connectivity index (χ4n) is 2.14. The van der Waals surface area contributed by atoms with Gasteiger partial charge in [0.05, 0.1) is 6.04 Å². The number of nitrogens with one attached hydrogen (secondary N) is 1. The van der Waals surface area contributed by atoms with Gasteiger partial charge in [-0.15, -0.1) is 0 Å². The Morgan fingerprint density at radius 3 is 2.62 bits per heavy atom. The molecule has 0 amide bonds. The highest BCUT2D eigenvalue weighted by atomic mass is 32.2.